The van der Waals surface area contributed by atoms with E-state index >= 15 is 0 Å². The van der Waals surface area contributed by atoms with Gasteiger partial charge in [0.2, 0.25) is 0 Å². The molecule has 1 aromatic heterocycles. The predicted molar refractivity (Wildman–Crippen MR) is 84.0 cm³/mol. The molecule has 0 radical (unpaired) electrons. The van der Waals surface area contributed by atoms with Gasteiger partial charge < -0.3 is 5.73 Å². The summed E-state index contributed by atoms with van der Waals surface area (Å²) < 4.78 is 1.76. The first-order chi connectivity index (χ1) is 10.3. The first kappa shape index (κ1) is 13.5. The molecule has 0 aliphatic rings. The van der Waals surface area contributed by atoms with Crippen molar-refractivity contribution in [2.24, 2.45) is 5.73 Å². The van der Waals surface area contributed by atoms with Crippen molar-refractivity contribution in [2.45, 2.75) is 19.4 Å². The molecule has 21 heavy (non-hydrogen) atoms. The summed E-state index contributed by atoms with van der Waals surface area (Å²) in [4.78, 5) is 0. The quantitative estimate of drug-likeness (QED) is 0.796. The van der Waals surface area contributed by atoms with Gasteiger partial charge in [0, 0.05) is 0 Å². The van der Waals surface area contributed by atoms with Crippen LogP contribution in [0.15, 0.2) is 60.8 Å². The Bertz CT molecular complexity index is 701. The normalized spacial score (nSPS) is 12.3. The molecule has 1 heterocycles. The molecule has 0 fully saturated rings. The summed E-state index contributed by atoms with van der Waals surface area (Å²) in [6, 6.07) is 18.5. The van der Waals surface area contributed by atoms with E-state index < -0.39 is 0 Å². The van der Waals surface area contributed by atoms with Crippen molar-refractivity contribution in [3.8, 4) is 16.8 Å². The van der Waals surface area contributed by atoms with Crippen molar-refractivity contribution in [2.75, 3.05) is 0 Å². The van der Waals surface area contributed by atoms with Crippen LogP contribution in [-0.4, -0.2) is 15.0 Å². The molecule has 0 aliphatic carbocycles. The minimum absolute atomic E-state index is 0.0534. The zero-order chi connectivity index (χ0) is 14.7. The van der Waals surface area contributed by atoms with Gasteiger partial charge in [0.15, 0.2) is 0 Å². The maximum atomic E-state index is 5.97. The van der Waals surface area contributed by atoms with Gasteiger partial charge in [0.05, 0.1) is 23.6 Å². The predicted octanol–water partition coefficient (Wildman–Crippen LogP) is 3.34. The van der Waals surface area contributed by atoms with E-state index in [1.165, 1.54) is 11.1 Å². The lowest BCUT2D eigenvalue weighted by Crippen LogP contribution is -2.08. The second-order valence-corrected chi connectivity index (χ2v) is 5.02. The number of aromatic nitrogens is 3. The molecule has 0 bridgehead atoms. The summed E-state index contributed by atoms with van der Waals surface area (Å²) in [5, 5.41) is 8.28. The largest absolute Gasteiger partial charge is 0.323 e. The van der Waals surface area contributed by atoms with E-state index in [9.17, 15) is 0 Å². The second kappa shape index (κ2) is 5.89. The Morgan fingerprint density at radius 2 is 1.67 bits per heavy atom. The highest BCUT2D eigenvalue weighted by molar-refractivity contribution is 5.64. The smallest absolute Gasteiger partial charge is 0.0998 e. The van der Waals surface area contributed by atoms with Gasteiger partial charge in [-0.25, -0.2) is 4.68 Å². The molecule has 4 heteroatoms. The highest BCUT2D eigenvalue weighted by atomic mass is 15.4. The standard InChI is InChI=1S/C17H18N4/c1-2-16(18)17-12-21(20-19-17)15-10-8-14(9-11-15)13-6-4-3-5-7-13/h3-12,16H,2,18H2,1H3. The van der Waals surface area contributed by atoms with E-state index in [2.05, 4.69) is 34.6 Å². The Hall–Kier alpha value is -2.46. The van der Waals surface area contributed by atoms with Crippen LogP contribution in [0.4, 0.5) is 0 Å². The first-order valence-electron chi connectivity index (χ1n) is 7.11. The monoisotopic (exact) mass is 278 g/mol. The highest BCUT2D eigenvalue weighted by Gasteiger charge is 2.09. The molecule has 3 aromatic rings. The van der Waals surface area contributed by atoms with Crippen molar-refractivity contribution in [3.63, 3.8) is 0 Å². The van der Waals surface area contributed by atoms with Gasteiger partial charge in [-0.3, -0.25) is 0 Å². The first-order valence-corrected chi connectivity index (χ1v) is 7.11. The summed E-state index contributed by atoms with van der Waals surface area (Å²) in [5.74, 6) is 0. The Morgan fingerprint density at radius 3 is 2.33 bits per heavy atom. The van der Waals surface area contributed by atoms with E-state index in [-0.39, 0.29) is 6.04 Å². The van der Waals surface area contributed by atoms with Gasteiger partial charge in [0.25, 0.3) is 0 Å². The second-order valence-electron chi connectivity index (χ2n) is 5.02. The fraction of sp³-hybridized carbons (Fsp3) is 0.176. The molecular formula is C17H18N4. The van der Waals surface area contributed by atoms with Crippen LogP contribution < -0.4 is 5.73 Å². The van der Waals surface area contributed by atoms with Crippen molar-refractivity contribution in [3.05, 3.63) is 66.5 Å². The summed E-state index contributed by atoms with van der Waals surface area (Å²) in [6.45, 7) is 2.04. The molecule has 4 nitrogen and oxygen atoms in total. The van der Waals surface area contributed by atoms with Crippen LogP contribution in [0.25, 0.3) is 16.8 Å². The molecule has 1 atom stereocenters. The average Bonchev–Trinajstić information content (AvgIpc) is 3.05. The number of rotatable bonds is 4. The fourth-order valence-electron chi connectivity index (χ4n) is 2.22. The van der Waals surface area contributed by atoms with E-state index in [0.29, 0.717) is 0 Å². The van der Waals surface area contributed by atoms with E-state index in [0.717, 1.165) is 17.8 Å². The van der Waals surface area contributed by atoms with E-state index in [1.807, 2.05) is 43.5 Å². The summed E-state index contributed by atoms with van der Waals surface area (Å²) in [7, 11) is 0. The molecule has 0 spiro atoms. The zero-order valence-corrected chi connectivity index (χ0v) is 12.0. The van der Waals surface area contributed by atoms with Crippen LogP contribution >= 0.6 is 0 Å². The van der Waals surface area contributed by atoms with Gasteiger partial charge in [0.1, 0.15) is 0 Å². The van der Waals surface area contributed by atoms with Crippen LogP contribution in [0.2, 0.25) is 0 Å². The third-order valence-corrected chi connectivity index (χ3v) is 3.57. The summed E-state index contributed by atoms with van der Waals surface area (Å²) >= 11 is 0. The lowest BCUT2D eigenvalue weighted by atomic mass is 10.1. The number of benzene rings is 2. The third-order valence-electron chi connectivity index (χ3n) is 3.57. The Morgan fingerprint density at radius 1 is 1.00 bits per heavy atom. The molecule has 2 N–H and O–H groups in total. The fourth-order valence-corrected chi connectivity index (χ4v) is 2.22. The van der Waals surface area contributed by atoms with Crippen molar-refractivity contribution in [1.82, 2.24) is 15.0 Å². The molecule has 1 unspecified atom stereocenters. The van der Waals surface area contributed by atoms with Crippen LogP contribution in [0.1, 0.15) is 25.1 Å². The number of hydrogen-bond donors (Lipinski definition) is 1. The molecule has 0 amide bonds. The van der Waals surface area contributed by atoms with Gasteiger partial charge in [-0.05, 0) is 29.7 Å². The van der Waals surface area contributed by atoms with Crippen LogP contribution in [-0.2, 0) is 0 Å². The number of nitrogens with two attached hydrogens (primary N) is 1. The Balaban J connectivity index is 1.86. The minimum Gasteiger partial charge on any atom is -0.323 e. The molecular weight excluding hydrogens is 260 g/mol. The maximum absolute atomic E-state index is 5.97. The van der Waals surface area contributed by atoms with Crippen LogP contribution in [0, 0.1) is 0 Å². The van der Waals surface area contributed by atoms with Gasteiger partial charge in [-0.2, -0.15) is 0 Å². The van der Waals surface area contributed by atoms with Crippen LogP contribution in [0.5, 0.6) is 0 Å². The number of hydrogen-bond acceptors (Lipinski definition) is 3. The molecule has 106 valence electrons. The lowest BCUT2D eigenvalue weighted by Gasteiger charge is -2.04. The minimum atomic E-state index is -0.0534. The topological polar surface area (TPSA) is 56.7 Å². The maximum Gasteiger partial charge on any atom is 0.0998 e. The van der Waals surface area contributed by atoms with E-state index in [4.69, 9.17) is 5.73 Å². The molecule has 2 aromatic carbocycles. The summed E-state index contributed by atoms with van der Waals surface area (Å²) in [5.41, 5.74) is 10.2. The average molecular weight is 278 g/mol. The molecule has 0 aliphatic heterocycles. The molecule has 3 rings (SSSR count). The van der Waals surface area contributed by atoms with Gasteiger partial charge >= 0.3 is 0 Å². The van der Waals surface area contributed by atoms with Gasteiger partial charge in [-0.15, -0.1) is 5.10 Å². The third kappa shape index (κ3) is 2.85. The number of nitrogens with zero attached hydrogens (tertiary/aromatic N) is 3. The van der Waals surface area contributed by atoms with Gasteiger partial charge in [-0.1, -0.05) is 54.6 Å². The van der Waals surface area contributed by atoms with Crippen molar-refractivity contribution < 1.29 is 0 Å². The van der Waals surface area contributed by atoms with Crippen molar-refractivity contribution in [1.29, 1.82) is 0 Å². The summed E-state index contributed by atoms with van der Waals surface area (Å²) in [6.07, 6.45) is 2.75. The van der Waals surface area contributed by atoms with E-state index in [1.54, 1.807) is 4.68 Å². The Labute approximate surface area is 124 Å². The lowest BCUT2D eigenvalue weighted by molar-refractivity contribution is 0.670. The van der Waals surface area contributed by atoms with Crippen LogP contribution in [0.3, 0.4) is 0 Å². The molecule has 0 saturated carbocycles. The SMILES string of the molecule is CCC(N)c1cn(-c2ccc(-c3ccccc3)cc2)nn1. The zero-order valence-electron chi connectivity index (χ0n) is 12.0. The van der Waals surface area contributed by atoms with Crippen molar-refractivity contribution >= 4 is 0 Å². The Kier molecular flexibility index (Phi) is 3.79. The molecule has 0 saturated heterocycles. The highest BCUT2D eigenvalue weighted by Crippen LogP contribution is 2.20.